The van der Waals surface area contributed by atoms with Gasteiger partial charge >= 0.3 is 0 Å². The van der Waals surface area contributed by atoms with Crippen LogP contribution in [0.3, 0.4) is 0 Å². The number of anilines is 1. The van der Waals surface area contributed by atoms with Crippen LogP contribution in [-0.4, -0.2) is 33.5 Å². The summed E-state index contributed by atoms with van der Waals surface area (Å²) in [5.74, 6) is 3.14. The summed E-state index contributed by atoms with van der Waals surface area (Å²) >= 11 is 0. The number of hydrogen-bond acceptors (Lipinski definition) is 5. The molecule has 0 heterocycles. The number of nitrogens with one attached hydrogen (secondary N) is 1. The molecule has 3 aromatic rings. The first kappa shape index (κ1) is 19.4. The van der Waals surface area contributed by atoms with Crippen molar-refractivity contribution in [3.63, 3.8) is 0 Å². The topological polar surface area (TPSA) is 49.0 Å². The summed E-state index contributed by atoms with van der Waals surface area (Å²) in [4.78, 5) is 0. The van der Waals surface area contributed by atoms with Crippen LogP contribution in [0.1, 0.15) is 0 Å². The Kier molecular flexibility index (Phi) is 7.44. The van der Waals surface area contributed by atoms with Gasteiger partial charge in [-0.25, -0.2) is 0 Å². The molecular formula is C23H25NO4. The molecule has 146 valence electrons. The first-order valence-electron chi connectivity index (χ1n) is 9.25. The molecule has 0 aromatic heterocycles. The summed E-state index contributed by atoms with van der Waals surface area (Å²) in [6.07, 6.45) is 0. The van der Waals surface area contributed by atoms with Crippen molar-refractivity contribution < 1.29 is 18.9 Å². The molecule has 0 saturated carbocycles. The summed E-state index contributed by atoms with van der Waals surface area (Å²) in [5.41, 5.74) is 1.01. The predicted octanol–water partition coefficient (Wildman–Crippen LogP) is 4.64. The van der Waals surface area contributed by atoms with Gasteiger partial charge < -0.3 is 24.3 Å². The maximum atomic E-state index is 5.75. The lowest BCUT2D eigenvalue weighted by molar-refractivity contribution is 0.217. The molecule has 0 radical (unpaired) electrons. The molecule has 0 aliphatic rings. The maximum Gasteiger partial charge on any atom is 0.161 e. The van der Waals surface area contributed by atoms with E-state index < -0.39 is 0 Å². The second kappa shape index (κ2) is 10.7. The summed E-state index contributed by atoms with van der Waals surface area (Å²) < 4.78 is 22.3. The number of rotatable bonds is 11. The zero-order valence-corrected chi connectivity index (χ0v) is 16.0. The summed E-state index contributed by atoms with van der Waals surface area (Å²) in [6, 6.07) is 25.2. The highest BCUT2D eigenvalue weighted by Gasteiger charge is 2.02. The van der Waals surface area contributed by atoms with Crippen molar-refractivity contribution >= 4 is 5.69 Å². The second-order valence-corrected chi connectivity index (χ2v) is 5.96. The third-order valence-corrected chi connectivity index (χ3v) is 3.98. The highest BCUT2D eigenvalue weighted by atomic mass is 16.5. The van der Waals surface area contributed by atoms with Gasteiger partial charge in [0.15, 0.2) is 11.5 Å². The zero-order chi connectivity index (χ0) is 19.4. The lowest BCUT2D eigenvalue weighted by Crippen LogP contribution is -2.12. The van der Waals surface area contributed by atoms with E-state index in [4.69, 9.17) is 18.9 Å². The lowest BCUT2D eigenvalue weighted by atomic mass is 10.3. The van der Waals surface area contributed by atoms with Gasteiger partial charge in [-0.1, -0.05) is 30.3 Å². The second-order valence-electron chi connectivity index (χ2n) is 5.96. The minimum Gasteiger partial charge on any atom is -0.493 e. The van der Waals surface area contributed by atoms with Crippen molar-refractivity contribution in [3.8, 4) is 23.0 Å². The van der Waals surface area contributed by atoms with E-state index in [2.05, 4.69) is 5.32 Å². The molecular weight excluding hydrogens is 354 g/mol. The van der Waals surface area contributed by atoms with Crippen molar-refractivity contribution in [3.05, 3.63) is 78.9 Å². The van der Waals surface area contributed by atoms with Gasteiger partial charge in [0.1, 0.15) is 31.3 Å². The van der Waals surface area contributed by atoms with E-state index in [1.165, 1.54) is 0 Å². The standard InChI is InChI=1S/C23H25NO4/c1-25-22-9-5-6-10-23(22)28-16-15-24-19-11-13-21(14-12-19)27-18-17-26-20-7-3-2-4-8-20/h2-14,24H,15-18H2,1H3. The Hall–Kier alpha value is -3.34. The van der Waals surface area contributed by atoms with Crippen LogP contribution < -0.4 is 24.3 Å². The first-order chi connectivity index (χ1) is 13.8. The third-order valence-electron chi connectivity index (χ3n) is 3.98. The first-order valence-corrected chi connectivity index (χ1v) is 9.25. The fourth-order valence-electron chi connectivity index (χ4n) is 2.60. The van der Waals surface area contributed by atoms with Gasteiger partial charge in [-0.3, -0.25) is 0 Å². The van der Waals surface area contributed by atoms with Crippen molar-refractivity contribution in [1.29, 1.82) is 0 Å². The molecule has 3 aromatic carbocycles. The molecule has 28 heavy (non-hydrogen) atoms. The smallest absolute Gasteiger partial charge is 0.161 e. The van der Waals surface area contributed by atoms with E-state index in [9.17, 15) is 0 Å². The lowest BCUT2D eigenvalue weighted by Gasteiger charge is -2.12. The van der Waals surface area contributed by atoms with Gasteiger partial charge in [-0.2, -0.15) is 0 Å². The maximum absolute atomic E-state index is 5.75. The molecule has 1 N–H and O–H groups in total. The van der Waals surface area contributed by atoms with Gasteiger partial charge in [0.2, 0.25) is 0 Å². The molecule has 0 amide bonds. The normalized spacial score (nSPS) is 10.2. The molecule has 0 aliphatic carbocycles. The molecule has 0 aliphatic heterocycles. The van der Waals surface area contributed by atoms with E-state index in [0.29, 0.717) is 26.4 Å². The van der Waals surface area contributed by atoms with Crippen LogP contribution in [-0.2, 0) is 0 Å². The minimum absolute atomic E-state index is 0.494. The summed E-state index contributed by atoms with van der Waals surface area (Å²) in [5, 5.41) is 3.32. The fourth-order valence-corrected chi connectivity index (χ4v) is 2.60. The van der Waals surface area contributed by atoms with E-state index in [-0.39, 0.29) is 0 Å². The molecule has 0 bridgehead atoms. The Labute approximate surface area is 165 Å². The summed E-state index contributed by atoms with van der Waals surface area (Å²) in [7, 11) is 1.64. The third kappa shape index (κ3) is 6.13. The predicted molar refractivity (Wildman–Crippen MR) is 111 cm³/mol. The van der Waals surface area contributed by atoms with Crippen LogP contribution in [0.5, 0.6) is 23.0 Å². The van der Waals surface area contributed by atoms with E-state index >= 15 is 0 Å². The average molecular weight is 379 g/mol. The Balaban J connectivity index is 1.34. The molecule has 0 fully saturated rings. The van der Waals surface area contributed by atoms with Crippen LogP contribution >= 0.6 is 0 Å². The van der Waals surface area contributed by atoms with Gasteiger partial charge in [0, 0.05) is 12.2 Å². The zero-order valence-electron chi connectivity index (χ0n) is 16.0. The van der Waals surface area contributed by atoms with Crippen LogP contribution in [0.2, 0.25) is 0 Å². The molecule has 5 heteroatoms. The Bertz CT molecular complexity index is 822. The van der Waals surface area contributed by atoms with Crippen molar-refractivity contribution in [1.82, 2.24) is 0 Å². The van der Waals surface area contributed by atoms with Gasteiger partial charge in [0.05, 0.1) is 7.11 Å². The highest BCUT2D eigenvalue weighted by molar-refractivity contribution is 5.46. The van der Waals surface area contributed by atoms with E-state index in [1.807, 2.05) is 78.9 Å². The number of hydrogen-bond donors (Lipinski definition) is 1. The van der Waals surface area contributed by atoms with Gasteiger partial charge in [-0.15, -0.1) is 0 Å². The Morgan fingerprint density at radius 1 is 0.607 bits per heavy atom. The molecule has 0 saturated heterocycles. The minimum atomic E-state index is 0.494. The summed E-state index contributed by atoms with van der Waals surface area (Å²) in [6.45, 7) is 2.22. The van der Waals surface area contributed by atoms with Crippen LogP contribution in [0.15, 0.2) is 78.9 Å². The van der Waals surface area contributed by atoms with Crippen LogP contribution in [0.4, 0.5) is 5.69 Å². The fraction of sp³-hybridized carbons (Fsp3) is 0.217. The molecule has 5 nitrogen and oxygen atoms in total. The van der Waals surface area contributed by atoms with E-state index in [0.717, 1.165) is 28.7 Å². The highest BCUT2D eigenvalue weighted by Crippen LogP contribution is 2.25. The SMILES string of the molecule is COc1ccccc1OCCNc1ccc(OCCOc2ccccc2)cc1. The van der Waals surface area contributed by atoms with Crippen molar-refractivity contribution in [2.45, 2.75) is 0 Å². The van der Waals surface area contributed by atoms with Crippen molar-refractivity contribution in [2.24, 2.45) is 0 Å². The number of benzene rings is 3. The Morgan fingerprint density at radius 2 is 1.21 bits per heavy atom. The molecule has 0 unspecified atom stereocenters. The molecule has 3 rings (SSSR count). The number of methoxy groups -OCH3 is 1. The monoisotopic (exact) mass is 379 g/mol. The number of para-hydroxylation sites is 3. The number of ether oxygens (including phenoxy) is 4. The van der Waals surface area contributed by atoms with Gasteiger partial charge in [-0.05, 0) is 48.5 Å². The molecule has 0 spiro atoms. The van der Waals surface area contributed by atoms with Crippen LogP contribution in [0, 0.1) is 0 Å². The Morgan fingerprint density at radius 3 is 1.89 bits per heavy atom. The van der Waals surface area contributed by atoms with Gasteiger partial charge in [0.25, 0.3) is 0 Å². The van der Waals surface area contributed by atoms with E-state index in [1.54, 1.807) is 7.11 Å². The molecule has 0 atom stereocenters. The largest absolute Gasteiger partial charge is 0.493 e. The van der Waals surface area contributed by atoms with Crippen molar-refractivity contribution in [2.75, 3.05) is 38.8 Å². The quantitative estimate of drug-likeness (QED) is 0.492. The average Bonchev–Trinajstić information content (AvgIpc) is 2.76. The van der Waals surface area contributed by atoms with Crippen LogP contribution in [0.25, 0.3) is 0 Å².